The Morgan fingerprint density at radius 3 is 2.62 bits per heavy atom. The lowest BCUT2D eigenvalue weighted by Gasteiger charge is -2.47. The van der Waals surface area contributed by atoms with Gasteiger partial charge in [0.05, 0.1) is 39.0 Å². The fraction of sp³-hybridized carbons (Fsp3) is 0.440. The Hall–Kier alpha value is -2.81. The summed E-state index contributed by atoms with van der Waals surface area (Å²) in [5, 5.41) is 9.43. The van der Waals surface area contributed by atoms with Gasteiger partial charge in [0.15, 0.2) is 0 Å². The number of carbonyl (C=O) groups is 1. The molecule has 182 valence electrons. The Kier molecular flexibility index (Phi) is 6.50. The molecule has 0 saturated carbocycles. The van der Waals surface area contributed by atoms with Gasteiger partial charge in [0.1, 0.15) is 5.82 Å². The van der Waals surface area contributed by atoms with Crippen LogP contribution in [0, 0.1) is 12.7 Å². The molecule has 2 aromatic rings. The molecule has 3 N–H and O–H groups in total. The van der Waals surface area contributed by atoms with Crippen molar-refractivity contribution in [3.8, 4) is 0 Å². The molecular weight excluding hydrogens is 501 g/mol. The minimum Gasteiger partial charge on any atom is -0.465 e. The zero-order chi connectivity index (χ0) is 24.9. The summed E-state index contributed by atoms with van der Waals surface area (Å²) in [4.78, 5) is 21.9. The molecule has 3 heterocycles. The van der Waals surface area contributed by atoms with Crippen LogP contribution in [0.25, 0.3) is 5.70 Å². The Bertz CT molecular complexity index is 1170. The Labute approximate surface area is 208 Å². The average molecular weight is 532 g/mol. The van der Waals surface area contributed by atoms with E-state index in [4.69, 9.17) is 5.73 Å². The second kappa shape index (κ2) is 9.09. The fourth-order valence-corrected chi connectivity index (χ4v) is 5.36. The number of hydrogen-bond acceptors (Lipinski definition) is 5. The van der Waals surface area contributed by atoms with Gasteiger partial charge >= 0.3 is 6.09 Å². The van der Waals surface area contributed by atoms with Gasteiger partial charge < -0.3 is 25.5 Å². The standard InChI is InChI=1S/C25H31BrFN5O2/c1-13(2)22-23(14(3)6-7-29-22)32-16(5)21(28)24(17-10-19(27)18(26)11-20(17)32)31-9-8-30(25(33)34)12-15(31)4/h6-7,10-11,13,15-16H,8-9,12,28H2,1-5H3,(H,33,34)/t15-,16?/m0/s1. The number of fused-ring (bicyclic) bond motifs is 1. The zero-order valence-electron chi connectivity index (χ0n) is 20.1. The highest BCUT2D eigenvalue weighted by Crippen LogP contribution is 2.47. The summed E-state index contributed by atoms with van der Waals surface area (Å²) in [5.41, 5.74) is 12.8. The molecule has 2 atom stereocenters. The van der Waals surface area contributed by atoms with Gasteiger partial charge in [0.2, 0.25) is 0 Å². The summed E-state index contributed by atoms with van der Waals surface area (Å²) in [7, 11) is 0. The fourth-order valence-electron chi connectivity index (χ4n) is 5.03. The van der Waals surface area contributed by atoms with E-state index in [1.54, 1.807) is 0 Å². The first-order chi connectivity index (χ1) is 16.0. The van der Waals surface area contributed by atoms with E-state index < -0.39 is 6.09 Å². The molecule has 0 radical (unpaired) electrons. The van der Waals surface area contributed by atoms with Crippen molar-refractivity contribution in [2.24, 2.45) is 5.73 Å². The normalized spacial score (nSPS) is 20.8. The molecule has 2 aliphatic rings. The predicted molar refractivity (Wildman–Crippen MR) is 136 cm³/mol. The van der Waals surface area contributed by atoms with Crippen LogP contribution >= 0.6 is 15.9 Å². The van der Waals surface area contributed by atoms with E-state index in [-0.39, 0.29) is 23.8 Å². The van der Waals surface area contributed by atoms with Crippen LogP contribution in [0.1, 0.15) is 50.4 Å². The van der Waals surface area contributed by atoms with E-state index in [0.29, 0.717) is 35.4 Å². The van der Waals surface area contributed by atoms with Crippen LogP contribution in [0.2, 0.25) is 0 Å². The van der Waals surface area contributed by atoms with Crippen LogP contribution < -0.4 is 10.6 Å². The second-order valence-corrected chi connectivity index (χ2v) is 10.3. The molecule has 0 bridgehead atoms. The van der Waals surface area contributed by atoms with Crippen molar-refractivity contribution >= 4 is 39.1 Å². The van der Waals surface area contributed by atoms with Crippen molar-refractivity contribution < 1.29 is 14.3 Å². The van der Waals surface area contributed by atoms with Crippen LogP contribution in [0.3, 0.4) is 0 Å². The first-order valence-electron chi connectivity index (χ1n) is 11.5. The van der Waals surface area contributed by atoms with Crippen molar-refractivity contribution in [1.29, 1.82) is 0 Å². The van der Waals surface area contributed by atoms with Crippen LogP contribution in [0.4, 0.5) is 20.6 Å². The lowest BCUT2D eigenvalue weighted by atomic mass is 9.92. The highest BCUT2D eigenvalue weighted by Gasteiger charge is 2.38. The van der Waals surface area contributed by atoms with Gasteiger partial charge in [-0.2, -0.15) is 0 Å². The smallest absolute Gasteiger partial charge is 0.407 e. The molecule has 9 heteroatoms. The largest absolute Gasteiger partial charge is 0.465 e. The highest BCUT2D eigenvalue weighted by atomic mass is 79.9. The third-order valence-corrected chi connectivity index (χ3v) is 7.40. The third kappa shape index (κ3) is 4.00. The Morgan fingerprint density at radius 2 is 2.00 bits per heavy atom. The lowest BCUT2D eigenvalue weighted by molar-refractivity contribution is 0.102. The summed E-state index contributed by atoms with van der Waals surface area (Å²) >= 11 is 3.38. The number of anilines is 2. The number of halogens is 2. The second-order valence-electron chi connectivity index (χ2n) is 9.42. The van der Waals surface area contributed by atoms with Gasteiger partial charge in [-0.05, 0) is 66.4 Å². The number of aromatic nitrogens is 1. The summed E-state index contributed by atoms with van der Waals surface area (Å²) in [6, 6.07) is 4.99. The van der Waals surface area contributed by atoms with E-state index in [2.05, 4.69) is 51.5 Å². The molecule has 4 rings (SSSR count). The van der Waals surface area contributed by atoms with E-state index in [1.807, 2.05) is 32.2 Å². The Morgan fingerprint density at radius 1 is 1.29 bits per heavy atom. The minimum absolute atomic E-state index is 0.108. The molecule has 2 aliphatic heterocycles. The molecule has 7 nitrogen and oxygen atoms in total. The van der Waals surface area contributed by atoms with Crippen molar-refractivity contribution in [1.82, 2.24) is 14.8 Å². The van der Waals surface area contributed by atoms with Crippen LogP contribution in [0.15, 0.2) is 34.6 Å². The highest BCUT2D eigenvalue weighted by molar-refractivity contribution is 9.10. The number of carboxylic acid groups (broad SMARTS) is 1. The predicted octanol–water partition coefficient (Wildman–Crippen LogP) is 5.27. The number of nitrogens with two attached hydrogens (primary N) is 1. The van der Waals surface area contributed by atoms with Crippen LogP contribution in [-0.4, -0.2) is 57.7 Å². The van der Waals surface area contributed by atoms with Gasteiger partial charge in [-0.3, -0.25) is 4.98 Å². The molecule has 34 heavy (non-hydrogen) atoms. The topological polar surface area (TPSA) is 85.9 Å². The van der Waals surface area contributed by atoms with E-state index >= 15 is 0 Å². The van der Waals surface area contributed by atoms with E-state index in [0.717, 1.165) is 28.3 Å². The number of aryl methyl sites for hydroxylation is 1. The van der Waals surface area contributed by atoms with E-state index in [9.17, 15) is 14.3 Å². The first kappa shape index (κ1) is 24.3. The first-order valence-corrected chi connectivity index (χ1v) is 12.3. The quantitative estimate of drug-likeness (QED) is 0.561. The molecule has 0 spiro atoms. The lowest BCUT2D eigenvalue weighted by Crippen LogP contribution is -2.54. The maximum atomic E-state index is 14.9. The molecule has 1 fully saturated rings. The summed E-state index contributed by atoms with van der Waals surface area (Å²) in [6.45, 7) is 11.5. The number of rotatable bonds is 3. The maximum Gasteiger partial charge on any atom is 0.407 e. The number of amides is 1. The van der Waals surface area contributed by atoms with Crippen LogP contribution in [0.5, 0.6) is 0 Å². The molecular formula is C25H31BrFN5O2. The average Bonchev–Trinajstić information content (AvgIpc) is 2.77. The van der Waals surface area contributed by atoms with Crippen molar-refractivity contribution in [3.05, 3.63) is 57.2 Å². The number of piperazine rings is 1. The van der Waals surface area contributed by atoms with Gasteiger partial charge in [0.25, 0.3) is 0 Å². The monoisotopic (exact) mass is 531 g/mol. The summed E-state index contributed by atoms with van der Waals surface area (Å²) in [6.07, 6.45) is 0.888. The van der Waals surface area contributed by atoms with Crippen molar-refractivity contribution in [3.63, 3.8) is 0 Å². The summed E-state index contributed by atoms with van der Waals surface area (Å²) < 4.78 is 15.3. The number of hydrogen-bond donors (Lipinski definition) is 2. The van der Waals surface area contributed by atoms with E-state index in [1.165, 1.54) is 11.0 Å². The van der Waals surface area contributed by atoms with Crippen molar-refractivity contribution in [2.45, 2.75) is 52.6 Å². The molecule has 1 amide bonds. The van der Waals surface area contributed by atoms with Crippen molar-refractivity contribution in [2.75, 3.05) is 24.5 Å². The van der Waals surface area contributed by atoms with Gasteiger partial charge in [-0.25, -0.2) is 9.18 Å². The summed E-state index contributed by atoms with van der Waals surface area (Å²) in [5.74, 6) is -0.187. The zero-order valence-corrected chi connectivity index (χ0v) is 21.7. The molecule has 1 aromatic carbocycles. The maximum absolute atomic E-state index is 14.9. The molecule has 1 unspecified atom stereocenters. The molecule has 1 saturated heterocycles. The number of pyridine rings is 1. The third-order valence-electron chi connectivity index (χ3n) is 6.79. The van der Waals surface area contributed by atoms with Crippen LogP contribution in [-0.2, 0) is 0 Å². The van der Waals surface area contributed by atoms with Gasteiger partial charge in [0, 0.05) is 37.4 Å². The Balaban J connectivity index is 1.91. The van der Waals surface area contributed by atoms with Gasteiger partial charge in [-0.1, -0.05) is 13.8 Å². The molecule has 1 aromatic heterocycles. The minimum atomic E-state index is -0.930. The number of nitrogens with zero attached hydrogens (tertiary/aromatic N) is 4. The number of benzene rings is 1. The SMILES string of the molecule is Cc1ccnc(C(C)C)c1N1c2cc(Br)c(F)cc2C(N2CCN(C(=O)O)C[C@@H]2C)=C(N)C1C. The van der Waals surface area contributed by atoms with Gasteiger partial charge in [-0.15, -0.1) is 0 Å². The molecule has 0 aliphatic carbocycles.